The molecule has 4 rings (SSSR count). The number of fused-ring (bicyclic) bond motifs is 3. The van der Waals surface area contributed by atoms with Crippen molar-refractivity contribution in [1.82, 2.24) is 0 Å². The quantitative estimate of drug-likeness (QED) is 0.848. The average molecular weight is 354 g/mol. The van der Waals surface area contributed by atoms with E-state index in [1.807, 2.05) is 12.1 Å². The molecule has 0 saturated carbocycles. The molecule has 0 bridgehead atoms. The molecular weight excluding hydrogens is 332 g/mol. The summed E-state index contributed by atoms with van der Waals surface area (Å²) >= 11 is 0. The number of rotatable bonds is 2. The first-order valence-electron chi connectivity index (χ1n) is 8.66. The normalized spacial score (nSPS) is 17.3. The Bertz CT molecular complexity index is 911. The smallest absolute Gasteiger partial charge is 0.137 e. The summed E-state index contributed by atoms with van der Waals surface area (Å²) in [6.07, 6.45) is 3.77. The maximum absolute atomic E-state index is 10.2. The van der Waals surface area contributed by atoms with Crippen LogP contribution in [0.2, 0.25) is 0 Å². The first kappa shape index (κ1) is 16.6. The second-order valence-corrected chi connectivity index (χ2v) is 7.32. The first-order chi connectivity index (χ1) is 12.4. The van der Waals surface area contributed by atoms with Crippen LogP contribution < -0.4 is 14.2 Å². The number of methoxy groups -OCH3 is 1. The van der Waals surface area contributed by atoms with E-state index in [1.54, 1.807) is 19.2 Å². The Kier molecular flexibility index (Phi) is 3.75. The Labute approximate surface area is 152 Å². The number of aromatic hydroxyl groups is 2. The lowest BCUT2D eigenvalue weighted by Gasteiger charge is -2.35. The highest BCUT2D eigenvalue weighted by atomic mass is 16.5. The zero-order valence-corrected chi connectivity index (χ0v) is 15.1. The predicted octanol–water partition coefficient (Wildman–Crippen LogP) is 4.14. The molecule has 2 aliphatic rings. The molecule has 5 nitrogen and oxygen atoms in total. The van der Waals surface area contributed by atoms with Gasteiger partial charge in [0.25, 0.3) is 0 Å². The molecule has 136 valence electrons. The van der Waals surface area contributed by atoms with Gasteiger partial charge in [0.2, 0.25) is 0 Å². The van der Waals surface area contributed by atoms with Gasteiger partial charge in [0, 0.05) is 28.8 Å². The lowest BCUT2D eigenvalue weighted by atomic mass is 9.90. The fourth-order valence-corrected chi connectivity index (χ4v) is 3.56. The molecule has 0 fully saturated rings. The molecule has 2 heterocycles. The molecule has 2 aliphatic heterocycles. The molecule has 2 aromatic rings. The van der Waals surface area contributed by atoms with Crippen LogP contribution in [0.15, 0.2) is 24.3 Å². The van der Waals surface area contributed by atoms with E-state index in [2.05, 4.69) is 13.8 Å². The second-order valence-electron chi connectivity index (χ2n) is 7.32. The summed E-state index contributed by atoms with van der Waals surface area (Å²) in [5.41, 5.74) is 3.16. The minimum atomic E-state index is -0.209. The third kappa shape index (κ3) is 2.73. The number of hydrogen-bond acceptors (Lipinski definition) is 5. The highest BCUT2D eigenvalue weighted by Gasteiger charge is 2.32. The lowest BCUT2D eigenvalue weighted by Crippen LogP contribution is -2.33. The van der Waals surface area contributed by atoms with Crippen LogP contribution in [0.5, 0.6) is 28.7 Å². The molecular formula is C21H22O5. The largest absolute Gasteiger partial charge is 0.508 e. The highest BCUT2D eigenvalue weighted by Crippen LogP contribution is 2.48. The summed E-state index contributed by atoms with van der Waals surface area (Å²) in [6.45, 7) is 4.48. The molecule has 0 radical (unpaired) electrons. The summed E-state index contributed by atoms with van der Waals surface area (Å²) in [5.74, 6) is 2.31. The molecule has 0 atom stereocenters. The van der Waals surface area contributed by atoms with Crippen molar-refractivity contribution in [3.63, 3.8) is 0 Å². The Morgan fingerprint density at radius 1 is 1.15 bits per heavy atom. The number of phenolic OH excluding ortho intramolecular Hbond substituents is 2. The average Bonchev–Trinajstić information content (AvgIpc) is 2.59. The Morgan fingerprint density at radius 3 is 2.69 bits per heavy atom. The van der Waals surface area contributed by atoms with Crippen LogP contribution in [0, 0.1) is 0 Å². The number of hydrogen-bond donors (Lipinski definition) is 2. The van der Waals surface area contributed by atoms with Crippen molar-refractivity contribution in [2.45, 2.75) is 32.3 Å². The van der Waals surface area contributed by atoms with Crippen LogP contribution >= 0.6 is 0 Å². The van der Waals surface area contributed by atoms with Crippen molar-refractivity contribution in [1.29, 1.82) is 0 Å². The van der Waals surface area contributed by atoms with Crippen LogP contribution in [-0.2, 0) is 6.42 Å². The van der Waals surface area contributed by atoms with Crippen LogP contribution in [0.25, 0.3) is 11.6 Å². The van der Waals surface area contributed by atoms with Gasteiger partial charge in [-0.05, 0) is 44.9 Å². The molecule has 26 heavy (non-hydrogen) atoms. The van der Waals surface area contributed by atoms with Crippen molar-refractivity contribution in [3.8, 4) is 28.7 Å². The van der Waals surface area contributed by atoms with Gasteiger partial charge in [-0.3, -0.25) is 0 Å². The molecule has 2 aromatic carbocycles. The standard InChI is InChI=1S/C21H22O5/c1-21(2)7-6-15-19(26-21)10-18(24-3)16-8-12(11-25-20(15)16)14-5-4-13(22)9-17(14)23/h4-5,8-10,22-23H,6-7,11H2,1-3H3. The number of ether oxygens (including phenoxy) is 3. The van der Waals surface area contributed by atoms with E-state index in [9.17, 15) is 10.2 Å². The fraction of sp³-hybridized carbons (Fsp3) is 0.333. The summed E-state index contributed by atoms with van der Waals surface area (Å²) in [4.78, 5) is 0. The van der Waals surface area contributed by atoms with Crippen LogP contribution in [0.1, 0.15) is 37.0 Å². The van der Waals surface area contributed by atoms with Crippen LogP contribution in [0.3, 0.4) is 0 Å². The van der Waals surface area contributed by atoms with Gasteiger partial charge in [-0.25, -0.2) is 0 Å². The van der Waals surface area contributed by atoms with Gasteiger partial charge >= 0.3 is 0 Å². The molecule has 0 spiro atoms. The van der Waals surface area contributed by atoms with Gasteiger partial charge in [0.15, 0.2) is 0 Å². The SMILES string of the molecule is COc1cc2c(c3c1C=C(c1ccc(O)cc1O)CO3)CCC(C)(C)O2. The Hall–Kier alpha value is -2.82. The third-order valence-electron chi connectivity index (χ3n) is 4.94. The monoisotopic (exact) mass is 354 g/mol. The van der Waals surface area contributed by atoms with Gasteiger partial charge < -0.3 is 24.4 Å². The second kappa shape index (κ2) is 5.87. The van der Waals surface area contributed by atoms with Gasteiger partial charge in [-0.1, -0.05) is 0 Å². The maximum Gasteiger partial charge on any atom is 0.137 e. The summed E-state index contributed by atoms with van der Waals surface area (Å²) in [5, 5.41) is 19.7. The molecule has 0 saturated heterocycles. The molecule has 0 unspecified atom stereocenters. The lowest BCUT2D eigenvalue weighted by molar-refractivity contribution is 0.0830. The van der Waals surface area contributed by atoms with Gasteiger partial charge in [-0.15, -0.1) is 0 Å². The molecule has 0 amide bonds. The van der Waals surface area contributed by atoms with E-state index < -0.39 is 0 Å². The van der Waals surface area contributed by atoms with Crippen LogP contribution in [-0.4, -0.2) is 29.5 Å². The van der Waals surface area contributed by atoms with Crippen molar-refractivity contribution < 1.29 is 24.4 Å². The van der Waals surface area contributed by atoms with E-state index in [0.717, 1.165) is 41.0 Å². The Balaban J connectivity index is 1.83. The summed E-state index contributed by atoms with van der Waals surface area (Å²) in [6, 6.07) is 6.47. The minimum absolute atomic E-state index is 0.0188. The van der Waals surface area contributed by atoms with Crippen molar-refractivity contribution in [2.24, 2.45) is 0 Å². The zero-order chi connectivity index (χ0) is 18.5. The van der Waals surface area contributed by atoms with Gasteiger partial charge in [0.1, 0.15) is 41.0 Å². The van der Waals surface area contributed by atoms with Gasteiger partial charge in [0.05, 0.1) is 12.7 Å². The molecule has 0 aliphatic carbocycles. The maximum atomic E-state index is 10.2. The summed E-state index contributed by atoms with van der Waals surface area (Å²) in [7, 11) is 1.62. The Morgan fingerprint density at radius 2 is 1.96 bits per heavy atom. The summed E-state index contributed by atoms with van der Waals surface area (Å²) < 4.78 is 17.8. The molecule has 2 N–H and O–H groups in total. The predicted molar refractivity (Wildman–Crippen MR) is 99.2 cm³/mol. The van der Waals surface area contributed by atoms with Crippen molar-refractivity contribution in [2.75, 3.05) is 13.7 Å². The van der Waals surface area contributed by atoms with Crippen molar-refractivity contribution >= 4 is 11.6 Å². The first-order valence-corrected chi connectivity index (χ1v) is 8.66. The van der Waals surface area contributed by atoms with E-state index >= 15 is 0 Å². The topological polar surface area (TPSA) is 68.2 Å². The van der Waals surface area contributed by atoms with Gasteiger partial charge in [-0.2, -0.15) is 0 Å². The molecule has 5 heteroatoms. The van der Waals surface area contributed by atoms with Crippen molar-refractivity contribution in [3.05, 3.63) is 41.0 Å². The van der Waals surface area contributed by atoms with E-state index in [-0.39, 0.29) is 17.1 Å². The van der Waals surface area contributed by atoms with E-state index in [1.165, 1.54) is 6.07 Å². The number of phenols is 2. The third-order valence-corrected chi connectivity index (χ3v) is 4.94. The highest BCUT2D eigenvalue weighted by molar-refractivity contribution is 5.90. The van der Waals surface area contributed by atoms with Crippen LogP contribution in [0.4, 0.5) is 0 Å². The molecule has 0 aromatic heterocycles. The number of benzene rings is 2. The zero-order valence-electron chi connectivity index (χ0n) is 15.1. The fourth-order valence-electron chi connectivity index (χ4n) is 3.56. The van der Waals surface area contributed by atoms with E-state index in [0.29, 0.717) is 17.9 Å². The van der Waals surface area contributed by atoms with E-state index in [4.69, 9.17) is 14.2 Å². The minimum Gasteiger partial charge on any atom is -0.508 e.